The first-order valence-corrected chi connectivity index (χ1v) is 10.5. The highest BCUT2D eigenvalue weighted by Crippen LogP contribution is 2.28. The second-order valence-corrected chi connectivity index (χ2v) is 7.62. The molecule has 2 heterocycles. The van der Waals surface area contributed by atoms with E-state index in [0.717, 1.165) is 38.2 Å². The van der Waals surface area contributed by atoms with Crippen LogP contribution in [0.3, 0.4) is 0 Å². The first-order valence-electron chi connectivity index (χ1n) is 10.5. The van der Waals surface area contributed by atoms with Gasteiger partial charge in [0.05, 0.1) is 18.2 Å². The van der Waals surface area contributed by atoms with Gasteiger partial charge in [0.25, 0.3) is 0 Å². The molecule has 1 saturated heterocycles. The number of amides is 2. The minimum atomic E-state index is -0.514. The number of nitrogens with one attached hydrogen (secondary N) is 2. The van der Waals surface area contributed by atoms with Gasteiger partial charge in [-0.2, -0.15) is 0 Å². The molecule has 0 aromatic heterocycles. The molecule has 1 fully saturated rings. The van der Waals surface area contributed by atoms with Crippen LogP contribution in [0.5, 0.6) is 0 Å². The van der Waals surface area contributed by atoms with Gasteiger partial charge in [-0.05, 0) is 25.8 Å². The maximum Gasteiger partial charge on any atom is 0.338 e. The minimum absolute atomic E-state index is 0.290. The zero-order chi connectivity index (χ0) is 20.8. The van der Waals surface area contributed by atoms with Gasteiger partial charge in [0.1, 0.15) is 0 Å². The maximum atomic E-state index is 12.8. The third-order valence-corrected chi connectivity index (χ3v) is 5.78. The van der Waals surface area contributed by atoms with E-state index in [1.807, 2.05) is 30.3 Å². The Labute approximate surface area is 173 Å². The third-order valence-electron chi connectivity index (χ3n) is 5.78. The van der Waals surface area contributed by atoms with Gasteiger partial charge in [-0.25, -0.2) is 9.59 Å². The van der Waals surface area contributed by atoms with Gasteiger partial charge < -0.3 is 15.4 Å². The normalized spacial score (nSPS) is 22.0. The summed E-state index contributed by atoms with van der Waals surface area (Å²) in [5.41, 5.74) is 1.99. The Morgan fingerprint density at radius 1 is 1.17 bits per heavy atom. The minimum Gasteiger partial charge on any atom is -0.463 e. The lowest BCUT2D eigenvalue weighted by Gasteiger charge is -2.39. The Kier molecular flexibility index (Phi) is 7.28. The van der Waals surface area contributed by atoms with Gasteiger partial charge in [0.15, 0.2) is 0 Å². The molecule has 3 rings (SSSR count). The van der Waals surface area contributed by atoms with Crippen molar-refractivity contribution >= 4 is 12.0 Å². The van der Waals surface area contributed by atoms with Crippen molar-refractivity contribution in [2.24, 2.45) is 0 Å². The highest BCUT2D eigenvalue weighted by molar-refractivity contribution is 5.95. The molecule has 0 aliphatic carbocycles. The van der Waals surface area contributed by atoms with Crippen LogP contribution >= 0.6 is 0 Å². The Morgan fingerprint density at radius 3 is 2.48 bits per heavy atom. The molecule has 7 heteroatoms. The van der Waals surface area contributed by atoms with Crippen LogP contribution in [0.2, 0.25) is 0 Å². The fourth-order valence-electron chi connectivity index (χ4n) is 3.93. The van der Waals surface area contributed by atoms with Crippen molar-refractivity contribution in [3.63, 3.8) is 0 Å². The summed E-state index contributed by atoms with van der Waals surface area (Å²) < 4.78 is 5.34. The predicted molar refractivity (Wildman–Crippen MR) is 112 cm³/mol. The molecular weight excluding hydrogens is 368 g/mol. The summed E-state index contributed by atoms with van der Waals surface area (Å²) in [7, 11) is 0. The van der Waals surface area contributed by atoms with Gasteiger partial charge in [0.2, 0.25) is 0 Å². The summed E-state index contributed by atoms with van der Waals surface area (Å²) in [6.07, 6.45) is 1.14. The van der Waals surface area contributed by atoms with E-state index < -0.39 is 6.04 Å². The zero-order valence-corrected chi connectivity index (χ0v) is 17.6. The molecule has 1 aromatic carbocycles. The lowest BCUT2D eigenvalue weighted by Crippen LogP contribution is -2.53. The van der Waals surface area contributed by atoms with E-state index >= 15 is 0 Å². The van der Waals surface area contributed by atoms with Crippen LogP contribution in [0.1, 0.15) is 38.8 Å². The molecular formula is C22H32N4O3. The van der Waals surface area contributed by atoms with Crippen LogP contribution in [-0.2, 0) is 9.53 Å². The highest BCUT2D eigenvalue weighted by Gasteiger charge is 2.34. The summed E-state index contributed by atoms with van der Waals surface area (Å²) in [5.74, 6) is -0.387. The van der Waals surface area contributed by atoms with Crippen molar-refractivity contribution in [3.8, 4) is 0 Å². The maximum absolute atomic E-state index is 12.8. The van der Waals surface area contributed by atoms with E-state index in [1.165, 1.54) is 0 Å². The Bertz CT molecular complexity index is 742. The summed E-state index contributed by atoms with van der Waals surface area (Å²) in [4.78, 5) is 30.0. The van der Waals surface area contributed by atoms with Crippen LogP contribution < -0.4 is 10.6 Å². The van der Waals surface area contributed by atoms with E-state index in [-0.39, 0.29) is 12.0 Å². The Hall–Kier alpha value is -2.38. The highest BCUT2D eigenvalue weighted by atomic mass is 16.5. The zero-order valence-electron chi connectivity index (χ0n) is 17.6. The quantitative estimate of drug-likeness (QED) is 0.687. The van der Waals surface area contributed by atoms with Crippen molar-refractivity contribution in [1.29, 1.82) is 0 Å². The number of carbonyl (C=O) groups is 2. The van der Waals surface area contributed by atoms with Gasteiger partial charge >= 0.3 is 12.0 Å². The van der Waals surface area contributed by atoms with Crippen molar-refractivity contribution in [1.82, 2.24) is 20.4 Å². The number of esters is 1. The van der Waals surface area contributed by atoms with Crippen molar-refractivity contribution < 1.29 is 14.3 Å². The molecule has 1 aromatic rings. The van der Waals surface area contributed by atoms with Crippen LogP contribution in [0.4, 0.5) is 4.79 Å². The summed E-state index contributed by atoms with van der Waals surface area (Å²) >= 11 is 0. The molecule has 0 bridgehead atoms. The van der Waals surface area contributed by atoms with Crippen LogP contribution in [0.15, 0.2) is 41.6 Å². The van der Waals surface area contributed by atoms with Gasteiger partial charge in [-0.15, -0.1) is 0 Å². The number of rotatable bonds is 7. The van der Waals surface area contributed by atoms with E-state index in [4.69, 9.17) is 4.74 Å². The molecule has 0 radical (unpaired) electrons. The van der Waals surface area contributed by atoms with Crippen LogP contribution in [0.25, 0.3) is 0 Å². The molecule has 2 aliphatic heterocycles. The number of hydrogen-bond acceptors (Lipinski definition) is 5. The first-order chi connectivity index (χ1) is 14.0. The number of urea groups is 1. The lowest BCUT2D eigenvalue weighted by molar-refractivity contribution is -0.139. The molecule has 29 heavy (non-hydrogen) atoms. The van der Waals surface area contributed by atoms with Crippen LogP contribution in [-0.4, -0.2) is 67.2 Å². The van der Waals surface area contributed by atoms with Gasteiger partial charge in [0, 0.05) is 44.5 Å². The Morgan fingerprint density at radius 2 is 1.86 bits per heavy atom. The Balaban J connectivity index is 1.83. The lowest BCUT2D eigenvalue weighted by atomic mass is 9.95. The van der Waals surface area contributed by atoms with E-state index in [0.29, 0.717) is 30.5 Å². The number of ether oxygens (including phenoxy) is 1. The van der Waals surface area contributed by atoms with Crippen LogP contribution in [0, 0.1) is 0 Å². The number of benzene rings is 1. The van der Waals surface area contributed by atoms with Crippen molar-refractivity contribution in [2.75, 3.05) is 39.3 Å². The summed E-state index contributed by atoms with van der Waals surface area (Å²) in [5, 5.41) is 5.75. The topological polar surface area (TPSA) is 73.9 Å². The standard InChI is InChI=1S/C22H32N4O3/c1-4-16(3)26-13-11-25(12-14-26)15-18-19(21(27)29-5-2)20(24-22(28)23-18)17-9-7-6-8-10-17/h6-10,16,20H,4-5,11-15H2,1-3H3,(H2,23,24,28)/t16-,20-/m1/s1. The fourth-order valence-corrected chi connectivity index (χ4v) is 3.93. The van der Waals surface area contributed by atoms with E-state index in [9.17, 15) is 9.59 Å². The number of carbonyl (C=O) groups excluding carboxylic acids is 2. The fraction of sp³-hybridized carbons (Fsp3) is 0.545. The summed E-state index contributed by atoms with van der Waals surface area (Å²) in [6, 6.07) is 9.32. The van der Waals surface area contributed by atoms with E-state index in [1.54, 1.807) is 6.92 Å². The molecule has 158 valence electrons. The van der Waals surface area contributed by atoms with Crippen molar-refractivity contribution in [3.05, 3.63) is 47.2 Å². The third kappa shape index (κ3) is 5.16. The average Bonchev–Trinajstić information content (AvgIpc) is 2.74. The number of nitrogens with zero attached hydrogens (tertiary/aromatic N) is 2. The largest absolute Gasteiger partial charge is 0.463 e. The molecule has 2 aliphatic rings. The average molecular weight is 401 g/mol. The molecule has 7 nitrogen and oxygen atoms in total. The SMILES string of the molecule is CCOC(=O)C1=C(CN2CCN([C@H](C)CC)CC2)NC(=O)N[C@@H]1c1ccccc1. The molecule has 2 atom stereocenters. The second-order valence-electron chi connectivity index (χ2n) is 7.62. The van der Waals surface area contributed by atoms with Gasteiger partial charge in [-0.3, -0.25) is 9.80 Å². The second kappa shape index (κ2) is 9.89. The predicted octanol–water partition coefficient (Wildman–Crippen LogP) is 2.27. The number of hydrogen-bond donors (Lipinski definition) is 2. The summed E-state index contributed by atoms with van der Waals surface area (Å²) in [6.45, 7) is 10.9. The smallest absolute Gasteiger partial charge is 0.338 e. The van der Waals surface area contributed by atoms with Gasteiger partial charge in [-0.1, -0.05) is 37.3 Å². The van der Waals surface area contributed by atoms with E-state index in [2.05, 4.69) is 34.3 Å². The molecule has 2 N–H and O–H groups in total. The molecule has 2 amide bonds. The monoisotopic (exact) mass is 400 g/mol. The first kappa shape index (κ1) is 21.3. The molecule has 0 spiro atoms. The van der Waals surface area contributed by atoms with Crippen molar-refractivity contribution in [2.45, 2.75) is 39.3 Å². The molecule has 0 unspecified atom stereocenters. The number of piperazine rings is 1. The molecule has 0 saturated carbocycles.